The molecule has 4 atom stereocenters. The number of fused-ring (bicyclic) bond motifs is 2. The quantitative estimate of drug-likeness (QED) is 0.841. The highest BCUT2D eigenvalue weighted by atomic mass is 16.3. The standard InChI is InChI=1S/C19H24N4O2/c1-17-8-11(9-20)15(24)18(2)10-19(17,18)7-6-12-13(16(25)22(3)4)23(5)21-14(12)17/h8,15,24H,6-7,10H2,1-5H3/t15?,17-,18+,19+/m1/s1. The molecule has 1 amide bonds. The molecule has 1 aromatic rings. The van der Waals surface area contributed by atoms with Crippen LogP contribution in [0.25, 0.3) is 0 Å². The second-order valence-corrected chi connectivity index (χ2v) is 8.49. The number of nitriles is 1. The lowest BCUT2D eigenvalue weighted by atomic mass is 9.57. The number of amides is 1. The van der Waals surface area contributed by atoms with Gasteiger partial charge in [0.25, 0.3) is 5.91 Å². The van der Waals surface area contributed by atoms with Crippen molar-refractivity contribution in [2.24, 2.45) is 17.9 Å². The first kappa shape index (κ1) is 16.3. The first-order chi connectivity index (χ1) is 11.6. The van der Waals surface area contributed by atoms with E-state index in [0.29, 0.717) is 11.3 Å². The molecule has 1 aromatic heterocycles. The number of rotatable bonds is 1. The molecule has 0 aromatic carbocycles. The molecule has 1 unspecified atom stereocenters. The second kappa shape index (κ2) is 4.53. The summed E-state index contributed by atoms with van der Waals surface area (Å²) >= 11 is 0. The third kappa shape index (κ3) is 1.63. The molecule has 132 valence electrons. The minimum absolute atomic E-state index is 0.0466. The maximum absolute atomic E-state index is 12.6. The van der Waals surface area contributed by atoms with Gasteiger partial charge in [0.05, 0.1) is 23.4 Å². The maximum Gasteiger partial charge on any atom is 0.271 e. The Morgan fingerprint density at radius 1 is 1.48 bits per heavy atom. The topological polar surface area (TPSA) is 82.2 Å². The molecular weight excluding hydrogens is 316 g/mol. The predicted octanol–water partition coefficient (Wildman–Crippen LogP) is 1.55. The van der Waals surface area contributed by atoms with Crippen molar-refractivity contribution in [3.63, 3.8) is 0 Å². The average Bonchev–Trinajstić information content (AvgIpc) is 3.05. The Morgan fingerprint density at radius 3 is 2.76 bits per heavy atom. The van der Waals surface area contributed by atoms with Crippen LogP contribution in [0.3, 0.4) is 0 Å². The largest absolute Gasteiger partial charge is 0.387 e. The van der Waals surface area contributed by atoms with Gasteiger partial charge in [-0.25, -0.2) is 0 Å². The number of nitrogens with zero attached hydrogens (tertiary/aromatic N) is 4. The molecule has 0 bridgehead atoms. The molecule has 0 saturated heterocycles. The van der Waals surface area contributed by atoms with Gasteiger partial charge in [-0.1, -0.05) is 13.0 Å². The van der Waals surface area contributed by atoms with E-state index in [4.69, 9.17) is 5.10 Å². The van der Waals surface area contributed by atoms with Crippen LogP contribution in [0.1, 0.15) is 48.4 Å². The highest BCUT2D eigenvalue weighted by Crippen LogP contribution is 2.79. The summed E-state index contributed by atoms with van der Waals surface area (Å²) in [7, 11) is 5.30. The van der Waals surface area contributed by atoms with E-state index >= 15 is 0 Å². The Morgan fingerprint density at radius 2 is 2.16 bits per heavy atom. The summed E-state index contributed by atoms with van der Waals surface area (Å²) < 4.78 is 1.68. The molecule has 3 aliphatic carbocycles. The van der Waals surface area contributed by atoms with Crippen LogP contribution in [0.4, 0.5) is 0 Å². The van der Waals surface area contributed by atoms with Gasteiger partial charge >= 0.3 is 0 Å². The van der Waals surface area contributed by atoms with E-state index in [1.165, 1.54) is 0 Å². The van der Waals surface area contributed by atoms with Crippen LogP contribution in [-0.4, -0.2) is 45.9 Å². The van der Waals surface area contributed by atoms with Gasteiger partial charge < -0.3 is 10.0 Å². The molecule has 1 saturated carbocycles. The molecule has 4 rings (SSSR count). The van der Waals surface area contributed by atoms with Crippen molar-refractivity contribution in [1.82, 2.24) is 14.7 Å². The maximum atomic E-state index is 12.6. The van der Waals surface area contributed by atoms with Crippen molar-refractivity contribution in [2.75, 3.05) is 14.1 Å². The van der Waals surface area contributed by atoms with Gasteiger partial charge in [0, 0.05) is 37.5 Å². The Kier molecular flexibility index (Phi) is 2.96. The number of hydrogen-bond donors (Lipinski definition) is 1. The number of aliphatic hydroxyl groups excluding tert-OH is 1. The van der Waals surface area contributed by atoms with Crippen LogP contribution < -0.4 is 0 Å². The van der Waals surface area contributed by atoms with Crippen LogP contribution in [0.15, 0.2) is 11.6 Å². The third-order valence-electron chi connectivity index (χ3n) is 7.15. The number of aliphatic hydroxyl groups is 1. The van der Waals surface area contributed by atoms with E-state index in [1.54, 1.807) is 23.7 Å². The zero-order valence-electron chi connectivity index (χ0n) is 15.4. The smallest absolute Gasteiger partial charge is 0.271 e. The highest BCUT2D eigenvalue weighted by Gasteiger charge is 2.78. The van der Waals surface area contributed by atoms with Gasteiger partial charge in [-0.15, -0.1) is 0 Å². The van der Waals surface area contributed by atoms with E-state index in [0.717, 1.165) is 30.5 Å². The fourth-order valence-corrected chi connectivity index (χ4v) is 5.65. The summed E-state index contributed by atoms with van der Waals surface area (Å²) in [5.41, 5.74) is 2.15. The zero-order chi connectivity index (χ0) is 18.4. The lowest BCUT2D eigenvalue weighted by Crippen LogP contribution is -2.47. The Bertz CT molecular complexity index is 877. The van der Waals surface area contributed by atoms with Crippen molar-refractivity contribution < 1.29 is 9.90 Å². The number of aryl methyl sites for hydroxylation is 1. The third-order valence-corrected chi connectivity index (χ3v) is 7.15. The second-order valence-electron chi connectivity index (χ2n) is 8.49. The van der Waals surface area contributed by atoms with E-state index in [1.807, 2.05) is 13.1 Å². The van der Waals surface area contributed by atoms with Gasteiger partial charge in [0.15, 0.2) is 0 Å². The number of carbonyl (C=O) groups is 1. The molecule has 1 fully saturated rings. The van der Waals surface area contributed by atoms with E-state index < -0.39 is 11.5 Å². The molecule has 1 spiro atoms. The van der Waals surface area contributed by atoms with Crippen molar-refractivity contribution >= 4 is 5.91 Å². The summed E-state index contributed by atoms with van der Waals surface area (Å²) in [6.07, 6.45) is 3.77. The van der Waals surface area contributed by atoms with Crippen LogP contribution in [0.2, 0.25) is 0 Å². The summed E-state index contributed by atoms with van der Waals surface area (Å²) in [5.74, 6) is -0.0466. The van der Waals surface area contributed by atoms with Gasteiger partial charge in [0.1, 0.15) is 5.69 Å². The van der Waals surface area contributed by atoms with Crippen LogP contribution in [-0.2, 0) is 18.9 Å². The van der Waals surface area contributed by atoms with Gasteiger partial charge in [-0.3, -0.25) is 9.48 Å². The Balaban J connectivity index is 1.96. The predicted molar refractivity (Wildman–Crippen MR) is 91.8 cm³/mol. The minimum atomic E-state index is -0.710. The van der Waals surface area contributed by atoms with Crippen molar-refractivity contribution in [3.05, 3.63) is 28.6 Å². The monoisotopic (exact) mass is 340 g/mol. The lowest BCUT2D eigenvalue weighted by molar-refractivity contribution is 0.0662. The Hall–Kier alpha value is -2.13. The van der Waals surface area contributed by atoms with Crippen molar-refractivity contribution in [2.45, 2.75) is 44.6 Å². The summed E-state index contributed by atoms with van der Waals surface area (Å²) in [5, 5.41) is 24.9. The minimum Gasteiger partial charge on any atom is -0.387 e. The summed E-state index contributed by atoms with van der Waals surface area (Å²) in [6.45, 7) is 4.20. The Labute approximate surface area is 147 Å². The van der Waals surface area contributed by atoms with Gasteiger partial charge in [-0.2, -0.15) is 10.4 Å². The van der Waals surface area contributed by atoms with Crippen LogP contribution >= 0.6 is 0 Å². The highest BCUT2D eigenvalue weighted by molar-refractivity contribution is 5.94. The summed E-state index contributed by atoms with van der Waals surface area (Å²) in [4.78, 5) is 14.2. The molecular formula is C19H24N4O2. The van der Waals surface area contributed by atoms with Crippen molar-refractivity contribution in [3.8, 4) is 6.07 Å². The fraction of sp³-hybridized carbons (Fsp3) is 0.632. The van der Waals surface area contributed by atoms with E-state index in [9.17, 15) is 15.2 Å². The molecule has 3 aliphatic rings. The SMILES string of the molecule is CN(C)C(=O)c1c2c(nn1C)[C@@]1(C)C=C(C#N)C(O)[C@]3(C)C[C@]31CC2. The molecule has 6 nitrogen and oxygen atoms in total. The number of aromatic nitrogens is 2. The molecule has 0 radical (unpaired) electrons. The lowest BCUT2D eigenvalue weighted by Gasteiger charge is -2.46. The number of carbonyl (C=O) groups excluding carboxylic acids is 1. The molecule has 25 heavy (non-hydrogen) atoms. The molecule has 6 heteroatoms. The van der Waals surface area contributed by atoms with Gasteiger partial charge in [0.2, 0.25) is 0 Å². The van der Waals surface area contributed by atoms with Crippen LogP contribution in [0, 0.1) is 22.2 Å². The zero-order valence-corrected chi connectivity index (χ0v) is 15.4. The van der Waals surface area contributed by atoms with Gasteiger partial charge in [-0.05, 0) is 31.6 Å². The molecule has 0 aliphatic heterocycles. The van der Waals surface area contributed by atoms with E-state index in [2.05, 4.69) is 19.9 Å². The molecule has 1 N–H and O–H groups in total. The van der Waals surface area contributed by atoms with Crippen molar-refractivity contribution in [1.29, 1.82) is 5.26 Å². The fourth-order valence-electron chi connectivity index (χ4n) is 5.65. The number of hydrogen-bond acceptors (Lipinski definition) is 4. The van der Waals surface area contributed by atoms with Crippen LogP contribution in [0.5, 0.6) is 0 Å². The average molecular weight is 340 g/mol. The normalized spacial score (nSPS) is 38.0. The molecule has 1 heterocycles. The first-order valence-electron chi connectivity index (χ1n) is 8.72. The first-order valence-corrected chi connectivity index (χ1v) is 8.72. The summed E-state index contributed by atoms with van der Waals surface area (Å²) in [6, 6.07) is 2.19. The van der Waals surface area contributed by atoms with E-state index in [-0.39, 0.29) is 16.7 Å². The number of allylic oxidation sites excluding steroid dienone is 1.